The Labute approximate surface area is 138 Å². The summed E-state index contributed by atoms with van der Waals surface area (Å²) < 4.78 is 1.96. The number of carbonyl (C=O) groups is 1. The van der Waals surface area contributed by atoms with Crippen LogP contribution >= 0.6 is 0 Å². The molecule has 2 aliphatic rings. The molecule has 2 saturated heterocycles. The highest BCUT2D eigenvalue weighted by Crippen LogP contribution is 2.24. The van der Waals surface area contributed by atoms with Crippen LogP contribution in [0.2, 0.25) is 0 Å². The summed E-state index contributed by atoms with van der Waals surface area (Å²) in [5.41, 5.74) is 3.11. The number of rotatable bonds is 3. The van der Waals surface area contributed by atoms with E-state index in [0.29, 0.717) is 5.91 Å². The van der Waals surface area contributed by atoms with Crippen LogP contribution in [0, 0.1) is 24.2 Å². The SMILES string of the molecule is Cc1c(CN2CCC(C(=O)N3CCCC3)CC2)cc(C#N)n1C. The Morgan fingerprint density at radius 2 is 1.91 bits per heavy atom. The lowest BCUT2D eigenvalue weighted by Crippen LogP contribution is -2.41. The summed E-state index contributed by atoms with van der Waals surface area (Å²) >= 11 is 0. The van der Waals surface area contributed by atoms with Crippen LogP contribution in [0.1, 0.15) is 42.6 Å². The van der Waals surface area contributed by atoms with Gasteiger partial charge < -0.3 is 9.47 Å². The maximum atomic E-state index is 12.5. The molecule has 0 aliphatic carbocycles. The lowest BCUT2D eigenvalue weighted by molar-refractivity contribution is -0.136. The van der Waals surface area contributed by atoms with E-state index in [1.165, 1.54) is 18.4 Å². The standard InChI is InChI=1S/C18H26N4O/c1-14-16(11-17(12-19)20(14)2)13-21-9-5-15(6-10-21)18(23)22-7-3-4-8-22/h11,15H,3-10,13H2,1-2H3. The molecule has 5 heteroatoms. The summed E-state index contributed by atoms with van der Waals surface area (Å²) in [6, 6.07) is 4.24. The minimum Gasteiger partial charge on any atom is -0.342 e. The number of hydrogen-bond acceptors (Lipinski definition) is 3. The zero-order chi connectivity index (χ0) is 16.4. The molecule has 23 heavy (non-hydrogen) atoms. The molecule has 2 fully saturated rings. The molecule has 1 amide bonds. The number of nitriles is 1. The molecule has 1 aromatic rings. The van der Waals surface area contributed by atoms with Crippen LogP contribution in [0.5, 0.6) is 0 Å². The maximum absolute atomic E-state index is 12.5. The van der Waals surface area contributed by atoms with Crippen LogP contribution in [0.25, 0.3) is 0 Å². The normalized spacial score (nSPS) is 20.0. The van der Waals surface area contributed by atoms with E-state index in [1.807, 2.05) is 17.7 Å². The van der Waals surface area contributed by atoms with Crippen LogP contribution < -0.4 is 0 Å². The van der Waals surface area contributed by atoms with Crippen molar-refractivity contribution < 1.29 is 4.79 Å². The van der Waals surface area contributed by atoms with Gasteiger partial charge in [-0.25, -0.2) is 0 Å². The van der Waals surface area contributed by atoms with Crippen LogP contribution in [-0.2, 0) is 18.4 Å². The number of aromatic nitrogens is 1. The highest BCUT2D eigenvalue weighted by atomic mass is 16.2. The largest absolute Gasteiger partial charge is 0.342 e. The number of hydrogen-bond donors (Lipinski definition) is 0. The Bertz CT molecular complexity index is 614. The first-order valence-corrected chi connectivity index (χ1v) is 8.66. The van der Waals surface area contributed by atoms with Crippen molar-refractivity contribution in [2.24, 2.45) is 13.0 Å². The minimum atomic E-state index is 0.218. The third-order valence-electron chi connectivity index (χ3n) is 5.50. The average Bonchev–Trinajstić information content (AvgIpc) is 3.19. The molecule has 0 saturated carbocycles. The van der Waals surface area contributed by atoms with E-state index in [-0.39, 0.29) is 5.92 Å². The van der Waals surface area contributed by atoms with Gasteiger partial charge in [-0.2, -0.15) is 5.26 Å². The van der Waals surface area contributed by atoms with Gasteiger partial charge in [0.15, 0.2) is 0 Å². The molecule has 0 spiro atoms. The van der Waals surface area contributed by atoms with Gasteiger partial charge >= 0.3 is 0 Å². The van der Waals surface area contributed by atoms with Crippen molar-refractivity contribution >= 4 is 5.91 Å². The zero-order valence-corrected chi connectivity index (χ0v) is 14.2. The average molecular weight is 314 g/mol. The highest BCUT2D eigenvalue weighted by Gasteiger charge is 2.30. The molecule has 0 aromatic carbocycles. The Morgan fingerprint density at radius 1 is 1.26 bits per heavy atom. The molecule has 0 radical (unpaired) electrons. The summed E-state index contributed by atoms with van der Waals surface area (Å²) in [5.74, 6) is 0.598. The Kier molecular flexibility index (Phi) is 4.72. The molecule has 0 unspecified atom stereocenters. The van der Waals surface area contributed by atoms with E-state index >= 15 is 0 Å². The molecule has 0 bridgehead atoms. The van der Waals surface area contributed by atoms with Gasteiger partial charge in [0.2, 0.25) is 5.91 Å². The van der Waals surface area contributed by atoms with Gasteiger partial charge in [0.05, 0.1) is 0 Å². The summed E-state index contributed by atoms with van der Waals surface area (Å²) in [5, 5.41) is 9.14. The van der Waals surface area contributed by atoms with Crippen LogP contribution in [0.3, 0.4) is 0 Å². The third kappa shape index (κ3) is 3.28. The smallest absolute Gasteiger partial charge is 0.225 e. The van der Waals surface area contributed by atoms with Crippen LogP contribution in [-0.4, -0.2) is 46.5 Å². The molecule has 0 N–H and O–H groups in total. The Balaban J connectivity index is 1.55. The van der Waals surface area contributed by atoms with Gasteiger partial charge in [-0.3, -0.25) is 9.69 Å². The van der Waals surface area contributed by atoms with Crippen molar-refractivity contribution in [3.63, 3.8) is 0 Å². The number of likely N-dealkylation sites (tertiary alicyclic amines) is 2. The van der Waals surface area contributed by atoms with E-state index in [2.05, 4.69) is 22.8 Å². The fourth-order valence-corrected chi connectivity index (χ4v) is 3.80. The molecule has 2 aliphatic heterocycles. The lowest BCUT2D eigenvalue weighted by Gasteiger charge is -2.33. The number of nitrogens with zero attached hydrogens (tertiary/aromatic N) is 4. The lowest BCUT2D eigenvalue weighted by atomic mass is 9.95. The summed E-state index contributed by atoms with van der Waals surface area (Å²) in [6.45, 7) is 6.81. The summed E-state index contributed by atoms with van der Waals surface area (Å²) in [7, 11) is 1.94. The van der Waals surface area contributed by atoms with Gasteiger partial charge in [-0.15, -0.1) is 0 Å². The molecule has 3 heterocycles. The number of carbonyl (C=O) groups excluding carboxylic acids is 1. The zero-order valence-electron chi connectivity index (χ0n) is 14.2. The fraction of sp³-hybridized carbons (Fsp3) is 0.667. The van der Waals surface area contributed by atoms with Crippen LogP contribution in [0.15, 0.2) is 6.07 Å². The summed E-state index contributed by atoms with van der Waals surface area (Å²) in [4.78, 5) is 16.9. The molecular weight excluding hydrogens is 288 g/mol. The van der Waals surface area contributed by atoms with Crippen molar-refractivity contribution in [2.75, 3.05) is 26.2 Å². The molecule has 0 atom stereocenters. The first-order chi connectivity index (χ1) is 11.1. The van der Waals surface area contributed by atoms with Crippen molar-refractivity contribution in [1.82, 2.24) is 14.4 Å². The van der Waals surface area contributed by atoms with Crippen LogP contribution in [0.4, 0.5) is 0 Å². The second kappa shape index (κ2) is 6.76. The van der Waals surface area contributed by atoms with E-state index in [0.717, 1.165) is 57.0 Å². The highest BCUT2D eigenvalue weighted by molar-refractivity contribution is 5.79. The Morgan fingerprint density at radius 3 is 2.48 bits per heavy atom. The molecule has 1 aromatic heterocycles. The van der Waals surface area contributed by atoms with Crippen molar-refractivity contribution in [2.45, 2.75) is 39.2 Å². The topological polar surface area (TPSA) is 52.3 Å². The van der Waals surface area contributed by atoms with Gasteiger partial charge in [0, 0.05) is 38.3 Å². The Hall–Kier alpha value is -1.80. The second-order valence-corrected chi connectivity index (χ2v) is 6.89. The number of amides is 1. The molecule has 124 valence electrons. The maximum Gasteiger partial charge on any atom is 0.225 e. The van der Waals surface area contributed by atoms with E-state index in [9.17, 15) is 4.79 Å². The van der Waals surface area contributed by atoms with Gasteiger partial charge in [0.1, 0.15) is 11.8 Å². The van der Waals surface area contributed by atoms with Gasteiger partial charge in [0.25, 0.3) is 0 Å². The third-order valence-corrected chi connectivity index (χ3v) is 5.50. The molecule has 3 rings (SSSR count). The first-order valence-electron chi connectivity index (χ1n) is 8.66. The van der Waals surface area contributed by atoms with E-state index < -0.39 is 0 Å². The van der Waals surface area contributed by atoms with E-state index in [4.69, 9.17) is 5.26 Å². The predicted octanol–water partition coefficient (Wildman–Crippen LogP) is 2.04. The molecule has 5 nitrogen and oxygen atoms in total. The van der Waals surface area contributed by atoms with Gasteiger partial charge in [-0.1, -0.05) is 0 Å². The number of piperidine rings is 1. The van der Waals surface area contributed by atoms with E-state index in [1.54, 1.807) is 0 Å². The van der Waals surface area contributed by atoms with Gasteiger partial charge in [-0.05, 0) is 57.3 Å². The molecular formula is C18H26N4O. The first kappa shape index (κ1) is 16.1. The minimum absolute atomic E-state index is 0.218. The quantitative estimate of drug-likeness (QED) is 0.858. The second-order valence-electron chi connectivity index (χ2n) is 6.89. The van der Waals surface area contributed by atoms with Crippen molar-refractivity contribution in [1.29, 1.82) is 5.26 Å². The predicted molar refractivity (Wildman–Crippen MR) is 88.7 cm³/mol. The van der Waals surface area contributed by atoms with Crippen molar-refractivity contribution in [3.8, 4) is 6.07 Å². The van der Waals surface area contributed by atoms with Crippen molar-refractivity contribution in [3.05, 3.63) is 23.0 Å². The monoisotopic (exact) mass is 314 g/mol. The fourth-order valence-electron chi connectivity index (χ4n) is 3.80. The summed E-state index contributed by atoms with van der Waals surface area (Å²) in [6.07, 6.45) is 4.26.